The number of hydrogen-bond acceptors (Lipinski definition) is 1. The maximum Gasteiger partial charge on any atom is 0.242 e. The fourth-order valence-corrected chi connectivity index (χ4v) is 2.12. The molecule has 3 nitrogen and oxygen atoms in total. The Bertz CT molecular complexity index is 558. The number of amides is 1. The highest BCUT2D eigenvalue weighted by atomic mass is 19.1. The zero-order valence-corrected chi connectivity index (χ0v) is 10.7. The summed E-state index contributed by atoms with van der Waals surface area (Å²) in [4.78, 5) is 13.8. The van der Waals surface area contributed by atoms with Crippen LogP contribution in [0.3, 0.4) is 0 Å². The molecule has 1 heterocycles. The van der Waals surface area contributed by atoms with Gasteiger partial charge in [0.2, 0.25) is 5.91 Å². The van der Waals surface area contributed by atoms with Gasteiger partial charge in [0.05, 0.1) is 5.52 Å². The van der Waals surface area contributed by atoms with Gasteiger partial charge in [-0.25, -0.2) is 4.39 Å². The Morgan fingerprint density at radius 3 is 2.67 bits per heavy atom. The minimum atomic E-state index is -0.280. The molecule has 0 fully saturated rings. The molecule has 4 heteroatoms. The van der Waals surface area contributed by atoms with Crippen LogP contribution in [0.25, 0.3) is 10.9 Å². The van der Waals surface area contributed by atoms with Crippen LogP contribution in [-0.2, 0) is 11.3 Å². The lowest BCUT2D eigenvalue weighted by Crippen LogP contribution is -2.33. The Morgan fingerprint density at radius 2 is 2.00 bits per heavy atom. The van der Waals surface area contributed by atoms with Crippen molar-refractivity contribution in [2.75, 3.05) is 13.1 Å². The topological polar surface area (TPSA) is 25.2 Å². The molecular formula is C14H17FN2O. The highest BCUT2D eigenvalue weighted by Gasteiger charge is 2.11. The molecule has 0 saturated heterocycles. The summed E-state index contributed by atoms with van der Waals surface area (Å²) in [6, 6.07) is 6.51. The number of fused-ring (bicyclic) bond motifs is 1. The molecule has 0 aliphatic rings. The highest BCUT2D eigenvalue weighted by molar-refractivity contribution is 5.83. The molecule has 96 valence electrons. The van der Waals surface area contributed by atoms with E-state index in [2.05, 4.69) is 0 Å². The molecule has 0 radical (unpaired) electrons. The molecule has 1 aromatic heterocycles. The lowest BCUT2D eigenvalue weighted by molar-refractivity contribution is -0.131. The van der Waals surface area contributed by atoms with Crippen LogP contribution in [0.2, 0.25) is 0 Å². The summed E-state index contributed by atoms with van der Waals surface area (Å²) in [6.07, 6.45) is 1.82. The van der Waals surface area contributed by atoms with Gasteiger partial charge in [-0.2, -0.15) is 0 Å². The van der Waals surface area contributed by atoms with Crippen LogP contribution in [0.15, 0.2) is 30.5 Å². The summed E-state index contributed by atoms with van der Waals surface area (Å²) < 4.78 is 15.0. The van der Waals surface area contributed by atoms with Crippen molar-refractivity contribution >= 4 is 16.8 Å². The van der Waals surface area contributed by atoms with Crippen molar-refractivity contribution in [2.24, 2.45) is 0 Å². The predicted molar refractivity (Wildman–Crippen MR) is 69.8 cm³/mol. The minimum absolute atomic E-state index is 0.0572. The van der Waals surface area contributed by atoms with Gasteiger partial charge in [0, 0.05) is 19.3 Å². The van der Waals surface area contributed by atoms with Crippen LogP contribution in [-0.4, -0.2) is 28.5 Å². The fourth-order valence-electron chi connectivity index (χ4n) is 2.12. The second-order valence-corrected chi connectivity index (χ2v) is 4.21. The normalized spacial score (nSPS) is 10.8. The molecule has 1 aromatic carbocycles. The number of nitrogens with zero attached hydrogens (tertiary/aromatic N) is 2. The van der Waals surface area contributed by atoms with Gasteiger partial charge in [0.15, 0.2) is 0 Å². The van der Waals surface area contributed by atoms with Crippen LogP contribution in [0.5, 0.6) is 0 Å². The second kappa shape index (κ2) is 5.21. The zero-order valence-electron chi connectivity index (χ0n) is 10.7. The molecule has 0 unspecified atom stereocenters. The Balaban J connectivity index is 2.26. The number of hydrogen-bond donors (Lipinski definition) is 0. The van der Waals surface area contributed by atoms with Crippen LogP contribution >= 0.6 is 0 Å². The molecule has 0 bridgehead atoms. The van der Waals surface area contributed by atoms with E-state index in [1.54, 1.807) is 15.5 Å². The predicted octanol–water partition coefficient (Wildman–Crippen LogP) is 2.65. The van der Waals surface area contributed by atoms with Gasteiger partial charge in [0.1, 0.15) is 12.4 Å². The maximum atomic E-state index is 13.2. The largest absolute Gasteiger partial charge is 0.342 e. The highest BCUT2D eigenvalue weighted by Crippen LogP contribution is 2.17. The van der Waals surface area contributed by atoms with Gasteiger partial charge in [0.25, 0.3) is 0 Å². The Labute approximate surface area is 106 Å². The van der Waals surface area contributed by atoms with E-state index in [-0.39, 0.29) is 18.3 Å². The van der Waals surface area contributed by atoms with Crippen LogP contribution in [0.4, 0.5) is 4.39 Å². The van der Waals surface area contributed by atoms with E-state index in [0.29, 0.717) is 13.1 Å². The molecule has 0 atom stereocenters. The van der Waals surface area contributed by atoms with E-state index in [9.17, 15) is 9.18 Å². The van der Waals surface area contributed by atoms with Gasteiger partial charge >= 0.3 is 0 Å². The molecule has 1 amide bonds. The molecule has 2 rings (SSSR count). The van der Waals surface area contributed by atoms with Gasteiger partial charge in [-0.15, -0.1) is 0 Å². The van der Waals surface area contributed by atoms with E-state index in [4.69, 9.17) is 0 Å². The average Bonchev–Trinajstić information content (AvgIpc) is 2.73. The van der Waals surface area contributed by atoms with E-state index in [1.165, 1.54) is 12.1 Å². The molecule has 2 aromatic rings. The van der Waals surface area contributed by atoms with Crippen LogP contribution < -0.4 is 0 Å². The van der Waals surface area contributed by atoms with Crippen molar-refractivity contribution in [3.63, 3.8) is 0 Å². The molecule has 0 saturated carbocycles. The molecule has 0 N–H and O–H groups in total. The summed E-state index contributed by atoms with van der Waals surface area (Å²) in [5, 5.41) is 0.948. The first-order chi connectivity index (χ1) is 8.65. The SMILES string of the molecule is CCN(CC)C(=O)Cn1ccc2ccc(F)cc21. The number of halogens is 1. The van der Waals surface area contributed by atoms with Crippen molar-refractivity contribution in [1.82, 2.24) is 9.47 Å². The van der Waals surface area contributed by atoms with Gasteiger partial charge < -0.3 is 9.47 Å². The van der Waals surface area contributed by atoms with Crippen LogP contribution in [0.1, 0.15) is 13.8 Å². The number of benzene rings is 1. The quantitative estimate of drug-likeness (QED) is 0.816. The first-order valence-electron chi connectivity index (χ1n) is 6.18. The third-order valence-electron chi connectivity index (χ3n) is 3.16. The third-order valence-corrected chi connectivity index (χ3v) is 3.16. The number of carbonyl (C=O) groups is 1. The zero-order chi connectivity index (χ0) is 13.1. The summed E-state index contributed by atoms with van der Waals surface area (Å²) in [6.45, 7) is 5.56. The van der Waals surface area contributed by atoms with Crippen molar-refractivity contribution in [2.45, 2.75) is 20.4 Å². The third kappa shape index (κ3) is 2.37. The number of rotatable bonds is 4. The number of carbonyl (C=O) groups excluding carboxylic acids is 1. The Morgan fingerprint density at radius 1 is 1.28 bits per heavy atom. The van der Waals surface area contributed by atoms with Crippen molar-refractivity contribution in [3.05, 3.63) is 36.3 Å². The molecule has 18 heavy (non-hydrogen) atoms. The molecule has 0 aliphatic heterocycles. The van der Waals surface area contributed by atoms with E-state index in [0.717, 1.165) is 10.9 Å². The molecular weight excluding hydrogens is 231 g/mol. The van der Waals surface area contributed by atoms with Gasteiger partial charge in [-0.3, -0.25) is 4.79 Å². The monoisotopic (exact) mass is 248 g/mol. The first kappa shape index (κ1) is 12.6. The summed E-state index contributed by atoms with van der Waals surface area (Å²) in [7, 11) is 0. The number of likely N-dealkylation sites (N-methyl/N-ethyl adjacent to an activating group) is 1. The molecule has 0 spiro atoms. The van der Waals surface area contributed by atoms with E-state index in [1.807, 2.05) is 26.1 Å². The fraction of sp³-hybridized carbons (Fsp3) is 0.357. The van der Waals surface area contributed by atoms with E-state index < -0.39 is 0 Å². The summed E-state index contributed by atoms with van der Waals surface area (Å²) >= 11 is 0. The smallest absolute Gasteiger partial charge is 0.242 e. The Hall–Kier alpha value is -1.84. The number of aromatic nitrogens is 1. The summed E-state index contributed by atoms with van der Waals surface area (Å²) in [5.41, 5.74) is 0.760. The van der Waals surface area contributed by atoms with Crippen molar-refractivity contribution < 1.29 is 9.18 Å². The first-order valence-corrected chi connectivity index (χ1v) is 6.18. The van der Waals surface area contributed by atoms with Gasteiger partial charge in [-0.1, -0.05) is 0 Å². The minimum Gasteiger partial charge on any atom is -0.342 e. The standard InChI is InChI=1S/C14H17FN2O/c1-3-16(4-2)14(18)10-17-8-7-11-5-6-12(15)9-13(11)17/h5-9H,3-4,10H2,1-2H3. The van der Waals surface area contributed by atoms with Gasteiger partial charge in [-0.05, 0) is 43.5 Å². The van der Waals surface area contributed by atoms with Crippen molar-refractivity contribution in [1.29, 1.82) is 0 Å². The second-order valence-electron chi connectivity index (χ2n) is 4.21. The lowest BCUT2D eigenvalue weighted by Gasteiger charge is -2.19. The van der Waals surface area contributed by atoms with E-state index >= 15 is 0 Å². The average molecular weight is 248 g/mol. The maximum absolute atomic E-state index is 13.2. The van der Waals surface area contributed by atoms with Crippen molar-refractivity contribution in [3.8, 4) is 0 Å². The molecule has 0 aliphatic carbocycles. The Kier molecular flexibility index (Phi) is 3.65. The van der Waals surface area contributed by atoms with Crippen LogP contribution in [0, 0.1) is 5.82 Å². The lowest BCUT2D eigenvalue weighted by atomic mass is 10.2. The summed E-state index contributed by atoms with van der Waals surface area (Å²) in [5.74, 6) is -0.223.